The lowest BCUT2D eigenvalue weighted by molar-refractivity contribution is -0.0124. The van der Waals surface area contributed by atoms with Crippen molar-refractivity contribution in [2.75, 3.05) is 66.0 Å². The third kappa shape index (κ3) is 17.2. The highest BCUT2D eigenvalue weighted by Crippen LogP contribution is 2.06. The van der Waals surface area contributed by atoms with Crippen molar-refractivity contribution in [2.45, 2.75) is 33.0 Å². The van der Waals surface area contributed by atoms with Crippen molar-refractivity contribution in [1.82, 2.24) is 5.32 Å². The van der Waals surface area contributed by atoms with Crippen molar-refractivity contribution in [1.29, 1.82) is 0 Å². The van der Waals surface area contributed by atoms with Gasteiger partial charge in [-0.15, -0.1) is 0 Å². The van der Waals surface area contributed by atoms with Gasteiger partial charge in [0.25, 0.3) is 0 Å². The minimum atomic E-state index is -0.496. The Hall–Kier alpha value is -1.71. The van der Waals surface area contributed by atoms with Crippen molar-refractivity contribution in [3.8, 4) is 0 Å². The van der Waals surface area contributed by atoms with E-state index < -0.39 is 11.7 Å². The zero-order valence-electron chi connectivity index (χ0n) is 18.5. The first-order chi connectivity index (χ1) is 14.5. The summed E-state index contributed by atoms with van der Waals surface area (Å²) in [5, 5.41) is 2.63. The van der Waals surface area contributed by atoms with Gasteiger partial charge in [0.05, 0.1) is 66.1 Å². The van der Waals surface area contributed by atoms with Crippen LogP contribution in [0.1, 0.15) is 26.3 Å². The topological polar surface area (TPSA) is 84.5 Å². The lowest BCUT2D eigenvalue weighted by Crippen LogP contribution is -2.34. The molecule has 0 aliphatic rings. The first kappa shape index (κ1) is 26.3. The molecule has 0 aliphatic heterocycles. The standard InChI is InChI=1S/C22H37NO7/c1-22(2,3)30-21(24)23-9-10-25-11-12-26-13-14-27-15-16-28-17-18-29-19-20-7-5-4-6-8-20/h4-8H,9-19H2,1-3H3,(H,23,24). The predicted octanol–water partition coefficient (Wildman–Crippen LogP) is 2.79. The Morgan fingerprint density at radius 3 is 1.70 bits per heavy atom. The Balaban J connectivity index is 1.73. The first-order valence-electron chi connectivity index (χ1n) is 10.4. The van der Waals surface area contributed by atoms with Gasteiger partial charge in [0.15, 0.2) is 0 Å². The first-order valence-corrected chi connectivity index (χ1v) is 10.4. The van der Waals surface area contributed by atoms with E-state index in [4.69, 9.17) is 28.4 Å². The molecular formula is C22H37NO7. The van der Waals surface area contributed by atoms with Crippen LogP contribution >= 0.6 is 0 Å². The van der Waals surface area contributed by atoms with Crippen molar-refractivity contribution in [3.05, 3.63) is 35.9 Å². The highest BCUT2D eigenvalue weighted by atomic mass is 16.6. The van der Waals surface area contributed by atoms with Gasteiger partial charge in [-0.25, -0.2) is 4.79 Å². The molecule has 1 rings (SSSR count). The molecular weight excluding hydrogens is 390 g/mol. The zero-order chi connectivity index (χ0) is 21.9. The lowest BCUT2D eigenvalue weighted by Gasteiger charge is -2.19. The van der Waals surface area contributed by atoms with Gasteiger partial charge in [0.2, 0.25) is 0 Å². The van der Waals surface area contributed by atoms with Crippen molar-refractivity contribution in [3.63, 3.8) is 0 Å². The van der Waals surface area contributed by atoms with Crippen LogP contribution in [0.4, 0.5) is 4.79 Å². The fourth-order valence-corrected chi connectivity index (χ4v) is 2.18. The van der Waals surface area contributed by atoms with Gasteiger partial charge in [-0.05, 0) is 26.3 Å². The minimum absolute atomic E-state index is 0.398. The number of amides is 1. The van der Waals surface area contributed by atoms with Gasteiger partial charge in [-0.2, -0.15) is 0 Å². The van der Waals surface area contributed by atoms with Crippen LogP contribution in [0.3, 0.4) is 0 Å². The Labute approximate surface area is 180 Å². The summed E-state index contributed by atoms with van der Waals surface area (Å²) in [4.78, 5) is 11.4. The average Bonchev–Trinajstić information content (AvgIpc) is 2.69. The fraction of sp³-hybridized carbons (Fsp3) is 0.682. The summed E-state index contributed by atoms with van der Waals surface area (Å²) < 4.78 is 32.3. The van der Waals surface area contributed by atoms with E-state index in [9.17, 15) is 4.79 Å². The lowest BCUT2D eigenvalue weighted by atomic mass is 10.2. The third-order valence-corrected chi connectivity index (χ3v) is 3.51. The summed E-state index contributed by atoms with van der Waals surface area (Å²) in [5.74, 6) is 0. The number of hydrogen-bond donors (Lipinski definition) is 1. The Kier molecular flexibility index (Phi) is 14.9. The molecule has 0 atom stereocenters. The Morgan fingerprint density at radius 2 is 1.20 bits per heavy atom. The summed E-state index contributed by atoms with van der Waals surface area (Å²) in [7, 11) is 0. The molecule has 1 aromatic carbocycles. The molecule has 1 amide bonds. The van der Waals surface area contributed by atoms with Crippen molar-refractivity contribution < 1.29 is 33.2 Å². The zero-order valence-corrected chi connectivity index (χ0v) is 18.5. The van der Waals surface area contributed by atoms with Crippen LogP contribution in [0.25, 0.3) is 0 Å². The minimum Gasteiger partial charge on any atom is -0.444 e. The van der Waals surface area contributed by atoms with Gasteiger partial charge >= 0.3 is 6.09 Å². The molecule has 0 saturated heterocycles. The van der Waals surface area contributed by atoms with E-state index in [2.05, 4.69) is 5.32 Å². The molecule has 1 N–H and O–H groups in total. The quantitative estimate of drug-likeness (QED) is 0.383. The Morgan fingerprint density at radius 1 is 0.733 bits per heavy atom. The van der Waals surface area contributed by atoms with Crippen LogP contribution in [0.5, 0.6) is 0 Å². The fourth-order valence-electron chi connectivity index (χ4n) is 2.18. The summed E-state index contributed by atoms with van der Waals surface area (Å²) in [6.45, 7) is 11.0. The van der Waals surface area contributed by atoms with Gasteiger partial charge in [-0.1, -0.05) is 30.3 Å². The molecule has 8 nitrogen and oxygen atoms in total. The van der Waals surface area contributed by atoms with Crippen LogP contribution in [-0.4, -0.2) is 77.7 Å². The number of rotatable bonds is 17. The van der Waals surface area contributed by atoms with E-state index in [0.29, 0.717) is 72.6 Å². The maximum Gasteiger partial charge on any atom is 0.407 e. The van der Waals surface area contributed by atoms with E-state index in [1.807, 2.05) is 51.1 Å². The van der Waals surface area contributed by atoms with Gasteiger partial charge < -0.3 is 33.7 Å². The van der Waals surface area contributed by atoms with Gasteiger partial charge in [0, 0.05) is 6.54 Å². The summed E-state index contributed by atoms with van der Waals surface area (Å²) in [6, 6.07) is 10.0. The van der Waals surface area contributed by atoms with Crippen LogP contribution in [0, 0.1) is 0 Å². The molecule has 1 aromatic rings. The van der Waals surface area contributed by atoms with E-state index in [-0.39, 0.29) is 0 Å². The number of alkyl carbamates (subject to hydrolysis) is 1. The molecule has 0 unspecified atom stereocenters. The smallest absolute Gasteiger partial charge is 0.407 e. The second kappa shape index (κ2) is 17.0. The number of hydrogen-bond acceptors (Lipinski definition) is 7. The molecule has 0 spiro atoms. The van der Waals surface area contributed by atoms with E-state index in [1.54, 1.807) is 0 Å². The number of carbonyl (C=O) groups excluding carboxylic acids is 1. The summed E-state index contributed by atoms with van der Waals surface area (Å²) in [5.41, 5.74) is 0.660. The Bertz CT molecular complexity index is 534. The number of carbonyl (C=O) groups is 1. The second-order valence-electron chi connectivity index (χ2n) is 7.42. The molecule has 8 heteroatoms. The van der Waals surface area contributed by atoms with Crippen LogP contribution in [0.2, 0.25) is 0 Å². The average molecular weight is 428 g/mol. The maximum atomic E-state index is 11.4. The molecule has 0 fully saturated rings. The molecule has 30 heavy (non-hydrogen) atoms. The van der Waals surface area contributed by atoms with Crippen LogP contribution in [0.15, 0.2) is 30.3 Å². The SMILES string of the molecule is CC(C)(C)OC(=O)NCCOCCOCCOCCOCCOCc1ccccc1. The molecule has 172 valence electrons. The highest BCUT2D eigenvalue weighted by molar-refractivity contribution is 5.67. The molecule has 0 heterocycles. The van der Waals surface area contributed by atoms with Gasteiger partial charge in [-0.3, -0.25) is 0 Å². The van der Waals surface area contributed by atoms with Crippen molar-refractivity contribution >= 4 is 6.09 Å². The van der Waals surface area contributed by atoms with Crippen LogP contribution in [-0.2, 0) is 35.0 Å². The van der Waals surface area contributed by atoms with Crippen molar-refractivity contribution in [2.24, 2.45) is 0 Å². The molecule has 0 saturated carbocycles. The number of nitrogens with one attached hydrogen (secondary N) is 1. The molecule has 0 aliphatic carbocycles. The predicted molar refractivity (Wildman–Crippen MR) is 114 cm³/mol. The number of benzene rings is 1. The van der Waals surface area contributed by atoms with Gasteiger partial charge in [0.1, 0.15) is 5.60 Å². The monoisotopic (exact) mass is 427 g/mol. The highest BCUT2D eigenvalue weighted by Gasteiger charge is 2.15. The van der Waals surface area contributed by atoms with E-state index in [0.717, 1.165) is 5.56 Å². The normalized spacial score (nSPS) is 11.4. The largest absolute Gasteiger partial charge is 0.444 e. The number of ether oxygens (including phenoxy) is 6. The molecule has 0 radical (unpaired) electrons. The van der Waals surface area contributed by atoms with E-state index >= 15 is 0 Å². The third-order valence-electron chi connectivity index (χ3n) is 3.51. The molecule has 0 bridgehead atoms. The maximum absolute atomic E-state index is 11.4. The molecule has 0 aromatic heterocycles. The summed E-state index contributed by atoms with van der Waals surface area (Å²) >= 11 is 0. The van der Waals surface area contributed by atoms with Crippen LogP contribution < -0.4 is 5.32 Å². The van der Waals surface area contributed by atoms with E-state index in [1.165, 1.54) is 0 Å². The second-order valence-corrected chi connectivity index (χ2v) is 7.42. The summed E-state index contributed by atoms with van der Waals surface area (Å²) in [6.07, 6.45) is -0.441.